The first-order valence-corrected chi connectivity index (χ1v) is 11.4. The Kier molecular flexibility index (Phi) is 6.44. The fraction of sp³-hybridized carbons (Fsp3) is 0.478. The monoisotopic (exact) mass is 400 g/mol. The Balaban J connectivity index is 1.37. The summed E-state index contributed by atoms with van der Waals surface area (Å²) < 4.78 is 2.55. The maximum absolute atomic E-state index is 6.06. The van der Waals surface area contributed by atoms with E-state index < -0.39 is 0 Å². The van der Waals surface area contributed by atoms with Crippen molar-refractivity contribution in [2.24, 2.45) is 5.92 Å². The lowest BCUT2D eigenvalue weighted by Crippen LogP contribution is -2.46. The molecule has 0 aromatic heterocycles. The van der Waals surface area contributed by atoms with E-state index in [1.54, 1.807) is 0 Å². The minimum absolute atomic E-state index is 0.790. The minimum atomic E-state index is 0.790. The summed E-state index contributed by atoms with van der Waals surface area (Å²) in [6.45, 7) is 7.36. The first-order valence-electron chi connectivity index (χ1n) is 10.2. The summed E-state index contributed by atoms with van der Waals surface area (Å²) in [4.78, 5) is 4.09. The maximum atomic E-state index is 6.06. The number of hydrogen-bond acceptors (Lipinski definition) is 3. The van der Waals surface area contributed by atoms with Crippen LogP contribution in [0.15, 0.2) is 53.4 Å². The first kappa shape index (κ1) is 19.3. The number of hydrogen-bond donors (Lipinski definition) is 0. The van der Waals surface area contributed by atoms with Gasteiger partial charge in [0.05, 0.1) is 0 Å². The zero-order valence-electron chi connectivity index (χ0n) is 16.1. The lowest BCUT2D eigenvalue weighted by atomic mass is 9.95. The van der Waals surface area contributed by atoms with Crippen LogP contribution in [-0.2, 0) is 0 Å². The third kappa shape index (κ3) is 4.89. The van der Waals surface area contributed by atoms with Gasteiger partial charge in [-0.3, -0.25) is 0 Å². The van der Waals surface area contributed by atoms with Gasteiger partial charge < -0.3 is 4.90 Å². The van der Waals surface area contributed by atoms with Gasteiger partial charge in [-0.1, -0.05) is 48.9 Å². The van der Waals surface area contributed by atoms with Crippen molar-refractivity contribution in [3.8, 4) is 11.1 Å². The van der Waals surface area contributed by atoms with Crippen molar-refractivity contribution in [3.63, 3.8) is 0 Å². The van der Waals surface area contributed by atoms with Crippen molar-refractivity contribution in [1.82, 2.24) is 9.21 Å². The first-order chi connectivity index (χ1) is 13.2. The Morgan fingerprint density at radius 3 is 2.22 bits per heavy atom. The molecule has 2 aliphatic rings. The van der Waals surface area contributed by atoms with Gasteiger partial charge in [0, 0.05) is 29.0 Å². The summed E-state index contributed by atoms with van der Waals surface area (Å²) in [5, 5.41) is 0.790. The van der Waals surface area contributed by atoms with Gasteiger partial charge in [-0.15, -0.1) is 0 Å². The molecule has 0 atom stereocenters. The Morgan fingerprint density at radius 2 is 1.52 bits per heavy atom. The Morgan fingerprint density at radius 1 is 0.852 bits per heavy atom. The average Bonchev–Trinajstić information content (AvgIpc) is 2.70. The van der Waals surface area contributed by atoms with Crippen LogP contribution in [-0.4, -0.2) is 41.4 Å². The molecule has 0 spiro atoms. The fourth-order valence-corrected chi connectivity index (χ4v) is 5.47. The summed E-state index contributed by atoms with van der Waals surface area (Å²) in [6, 6.07) is 17.7. The summed E-state index contributed by atoms with van der Waals surface area (Å²) in [5.74, 6) is 0.918. The van der Waals surface area contributed by atoms with Crippen molar-refractivity contribution in [2.45, 2.75) is 43.5 Å². The van der Waals surface area contributed by atoms with Gasteiger partial charge in [0.15, 0.2) is 0 Å². The largest absolute Gasteiger partial charge is 0.300 e. The zero-order chi connectivity index (χ0) is 18.6. The minimum Gasteiger partial charge on any atom is -0.300 e. The lowest BCUT2D eigenvalue weighted by molar-refractivity contribution is 0.103. The molecular formula is C23H29ClN2S. The molecule has 0 bridgehead atoms. The number of piperidine rings is 2. The van der Waals surface area contributed by atoms with E-state index in [9.17, 15) is 0 Å². The van der Waals surface area contributed by atoms with Crippen LogP contribution in [0.3, 0.4) is 0 Å². The smallest absolute Gasteiger partial charge is 0.0406 e. The van der Waals surface area contributed by atoms with Crippen LogP contribution in [0, 0.1) is 5.92 Å². The molecule has 0 amide bonds. The molecule has 2 fully saturated rings. The molecule has 0 N–H and O–H groups in total. The highest BCUT2D eigenvalue weighted by molar-refractivity contribution is 7.97. The van der Waals surface area contributed by atoms with Gasteiger partial charge in [-0.25, -0.2) is 4.31 Å². The SMILES string of the molecule is CC1CCN(C2CCN(Sc3ccccc3-c3ccc(Cl)cc3)CC2)CC1. The van der Waals surface area contributed by atoms with Crippen LogP contribution in [0.2, 0.25) is 5.02 Å². The third-order valence-electron chi connectivity index (χ3n) is 6.03. The molecule has 4 rings (SSSR count). The van der Waals surface area contributed by atoms with Crippen molar-refractivity contribution in [3.05, 3.63) is 53.6 Å². The molecule has 0 saturated carbocycles. The van der Waals surface area contributed by atoms with Crippen molar-refractivity contribution in [1.29, 1.82) is 0 Å². The zero-order valence-corrected chi connectivity index (χ0v) is 17.7. The molecule has 4 heteroatoms. The van der Waals surface area contributed by atoms with Gasteiger partial charge in [0.2, 0.25) is 0 Å². The molecule has 0 unspecified atom stereocenters. The summed E-state index contributed by atoms with van der Waals surface area (Å²) in [5.41, 5.74) is 2.53. The van der Waals surface area contributed by atoms with Crippen molar-refractivity contribution >= 4 is 23.5 Å². The van der Waals surface area contributed by atoms with E-state index in [1.807, 2.05) is 24.1 Å². The second kappa shape index (κ2) is 9.00. The van der Waals surface area contributed by atoms with Gasteiger partial charge >= 0.3 is 0 Å². The van der Waals surface area contributed by atoms with E-state index in [-0.39, 0.29) is 0 Å². The van der Waals surface area contributed by atoms with Crippen molar-refractivity contribution < 1.29 is 0 Å². The molecule has 0 radical (unpaired) electrons. The third-order valence-corrected chi connectivity index (χ3v) is 7.46. The van der Waals surface area contributed by atoms with Crippen LogP contribution in [0.25, 0.3) is 11.1 Å². The van der Waals surface area contributed by atoms with Crippen LogP contribution in [0.5, 0.6) is 0 Å². The second-order valence-electron chi connectivity index (χ2n) is 7.97. The standard InChI is InChI=1S/C23H29ClN2S/c1-18-10-14-25(15-11-18)21-12-16-26(17-13-21)27-23-5-3-2-4-22(23)19-6-8-20(24)9-7-19/h2-9,18,21H,10-17H2,1H3. The van der Waals surface area contributed by atoms with Crippen LogP contribution in [0.4, 0.5) is 0 Å². The number of likely N-dealkylation sites (tertiary alicyclic amines) is 1. The second-order valence-corrected chi connectivity index (χ2v) is 9.55. The molecule has 144 valence electrons. The number of benzene rings is 2. The van der Waals surface area contributed by atoms with Crippen LogP contribution in [0.1, 0.15) is 32.6 Å². The van der Waals surface area contributed by atoms with Gasteiger partial charge in [0.1, 0.15) is 0 Å². The fourth-order valence-electron chi connectivity index (χ4n) is 4.25. The highest BCUT2D eigenvalue weighted by Crippen LogP contribution is 2.36. The number of nitrogens with zero attached hydrogens (tertiary/aromatic N) is 2. The van der Waals surface area contributed by atoms with Gasteiger partial charge in [0.25, 0.3) is 0 Å². The highest BCUT2D eigenvalue weighted by atomic mass is 35.5. The Bertz CT molecular complexity index is 732. The topological polar surface area (TPSA) is 6.48 Å². The molecule has 2 nitrogen and oxygen atoms in total. The normalized spacial score (nSPS) is 20.8. The molecule has 2 aromatic carbocycles. The van der Waals surface area contributed by atoms with Crippen LogP contribution < -0.4 is 0 Å². The quantitative estimate of drug-likeness (QED) is 0.563. The van der Waals surface area contributed by atoms with Crippen LogP contribution >= 0.6 is 23.5 Å². The molecule has 2 saturated heterocycles. The Labute approximate surface area is 173 Å². The molecule has 27 heavy (non-hydrogen) atoms. The number of halogens is 1. The van der Waals surface area contributed by atoms with E-state index in [1.165, 1.54) is 67.9 Å². The van der Waals surface area contributed by atoms with E-state index >= 15 is 0 Å². The van der Waals surface area contributed by atoms with Gasteiger partial charge in [-0.2, -0.15) is 0 Å². The Hall–Kier alpha value is -1.00. The summed E-state index contributed by atoms with van der Waals surface area (Å²) in [6.07, 6.45) is 5.35. The summed E-state index contributed by atoms with van der Waals surface area (Å²) in [7, 11) is 0. The molecule has 2 aliphatic heterocycles. The predicted molar refractivity (Wildman–Crippen MR) is 117 cm³/mol. The average molecular weight is 401 g/mol. The molecule has 2 heterocycles. The van der Waals surface area contributed by atoms with E-state index in [2.05, 4.69) is 52.5 Å². The summed E-state index contributed by atoms with van der Waals surface area (Å²) >= 11 is 7.98. The number of rotatable bonds is 4. The highest BCUT2D eigenvalue weighted by Gasteiger charge is 2.27. The van der Waals surface area contributed by atoms with E-state index in [4.69, 9.17) is 11.6 Å². The van der Waals surface area contributed by atoms with Crippen molar-refractivity contribution in [2.75, 3.05) is 26.2 Å². The van der Waals surface area contributed by atoms with E-state index in [0.29, 0.717) is 0 Å². The predicted octanol–water partition coefficient (Wildman–Crippen LogP) is 6.21. The molecular weight excluding hydrogens is 372 g/mol. The lowest BCUT2D eigenvalue weighted by Gasteiger charge is -2.41. The molecule has 0 aliphatic carbocycles. The van der Waals surface area contributed by atoms with E-state index in [0.717, 1.165) is 17.0 Å². The van der Waals surface area contributed by atoms with Gasteiger partial charge in [-0.05, 0) is 86.0 Å². The molecule has 2 aromatic rings. The maximum Gasteiger partial charge on any atom is 0.0406 e.